The molecule has 1 aromatic heterocycles. The molecule has 0 fully saturated rings. The van der Waals surface area contributed by atoms with E-state index in [4.69, 9.17) is 14.6 Å². The highest BCUT2D eigenvalue weighted by Crippen LogP contribution is 2.50. The van der Waals surface area contributed by atoms with Crippen LogP contribution in [0.4, 0.5) is 5.82 Å². The second-order valence-corrected chi connectivity index (χ2v) is 11.9. The van der Waals surface area contributed by atoms with Crippen LogP contribution in [0.2, 0.25) is 0 Å². The molecule has 2 heterocycles. The molecule has 1 N–H and O–H groups in total. The van der Waals surface area contributed by atoms with E-state index in [1.54, 1.807) is 19.1 Å². The van der Waals surface area contributed by atoms with E-state index in [2.05, 4.69) is 39.1 Å². The van der Waals surface area contributed by atoms with Crippen LogP contribution in [0.15, 0.2) is 42.5 Å². The monoisotopic (exact) mass is 550 g/mol. The molecule has 3 aromatic rings. The summed E-state index contributed by atoms with van der Waals surface area (Å²) in [7, 11) is 3.25. The third-order valence-electron chi connectivity index (χ3n) is 6.73. The van der Waals surface area contributed by atoms with Gasteiger partial charge >= 0.3 is 0 Å². The summed E-state index contributed by atoms with van der Waals surface area (Å²) in [6, 6.07) is 14.1. The van der Waals surface area contributed by atoms with Crippen molar-refractivity contribution in [2.45, 2.75) is 45.3 Å². The molecule has 39 heavy (non-hydrogen) atoms. The first-order valence-corrected chi connectivity index (χ1v) is 14.1. The van der Waals surface area contributed by atoms with Gasteiger partial charge in [-0.2, -0.15) is 5.10 Å². The van der Waals surface area contributed by atoms with Crippen LogP contribution in [0.25, 0.3) is 5.69 Å². The largest absolute Gasteiger partial charge is 0.496 e. The molecule has 4 rings (SSSR count). The molecule has 0 saturated heterocycles. The second-order valence-electron chi connectivity index (χ2n) is 10.8. The van der Waals surface area contributed by atoms with Crippen molar-refractivity contribution in [3.63, 3.8) is 0 Å². The van der Waals surface area contributed by atoms with Crippen LogP contribution in [0.1, 0.15) is 54.0 Å². The molecule has 1 aliphatic heterocycles. The zero-order chi connectivity index (χ0) is 28.3. The zero-order valence-corrected chi connectivity index (χ0v) is 24.6. The molecule has 0 saturated carbocycles. The van der Waals surface area contributed by atoms with E-state index in [-0.39, 0.29) is 34.8 Å². The first-order chi connectivity index (χ1) is 18.6. The Morgan fingerprint density at radius 2 is 1.90 bits per heavy atom. The molecule has 0 bridgehead atoms. The number of benzene rings is 2. The summed E-state index contributed by atoms with van der Waals surface area (Å²) in [6.45, 7) is 11.1. The van der Waals surface area contributed by atoms with Crippen molar-refractivity contribution in [3.05, 3.63) is 70.4 Å². The Labute approximate surface area is 235 Å². The molecule has 8 nitrogen and oxygen atoms in total. The fourth-order valence-corrected chi connectivity index (χ4v) is 6.13. The SMILES string of the molecule is COCCNC(=O)CN1C(=O)CS[C@H](c2ccccc2OC)c2c(C(C)(C)C)nn(-c3ccc(C)cc3C)c21. The number of nitrogens with zero attached hydrogens (tertiary/aromatic N) is 3. The van der Waals surface area contributed by atoms with E-state index in [1.807, 2.05) is 48.0 Å². The van der Waals surface area contributed by atoms with Gasteiger partial charge < -0.3 is 14.8 Å². The molecule has 1 atom stereocenters. The number of hydrogen-bond donors (Lipinski definition) is 1. The van der Waals surface area contributed by atoms with Crippen LogP contribution in [-0.2, 0) is 19.7 Å². The average Bonchev–Trinajstić information content (AvgIpc) is 3.22. The van der Waals surface area contributed by atoms with Crippen LogP contribution in [0.5, 0.6) is 5.75 Å². The van der Waals surface area contributed by atoms with E-state index in [9.17, 15) is 9.59 Å². The van der Waals surface area contributed by atoms with Crippen molar-refractivity contribution in [1.29, 1.82) is 0 Å². The maximum Gasteiger partial charge on any atom is 0.240 e. The van der Waals surface area contributed by atoms with Crippen LogP contribution in [0.3, 0.4) is 0 Å². The van der Waals surface area contributed by atoms with Crippen molar-refractivity contribution >= 4 is 29.4 Å². The normalized spacial score (nSPS) is 15.6. The van der Waals surface area contributed by atoms with E-state index in [0.717, 1.165) is 39.4 Å². The second kappa shape index (κ2) is 11.8. The van der Waals surface area contributed by atoms with E-state index in [0.29, 0.717) is 19.0 Å². The van der Waals surface area contributed by atoms with E-state index < -0.39 is 0 Å². The zero-order valence-electron chi connectivity index (χ0n) is 23.8. The molecule has 0 spiro atoms. The van der Waals surface area contributed by atoms with E-state index in [1.165, 1.54) is 11.8 Å². The molecule has 0 radical (unpaired) electrons. The summed E-state index contributed by atoms with van der Waals surface area (Å²) in [6.07, 6.45) is 0. The summed E-state index contributed by atoms with van der Waals surface area (Å²) >= 11 is 1.54. The average molecular weight is 551 g/mol. The number of amides is 2. The Bertz CT molecular complexity index is 1360. The molecule has 208 valence electrons. The van der Waals surface area contributed by atoms with Crippen molar-refractivity contribution in [2.24, 2.45) is 0 Å². The lowest BCUT2D eigenvalue weighted by atomic mass is 9.87. The van der Waals surface area contributed by atoms with Gasteiger partial charge in [-0.3, -0.25) is 14.5 Å². The Kier molecular flexibility index (Phi) is 8.71. The molecule has 0 aliphatic carbocycles. The van der Waals surface area contributed by atoms with Crippen LogP contribution < -0.4 is 15.0 Å². The highest BCUT2D eigenvalue weighted by Gasteiger charge is 2.40. The first kappa shape index (κ1) is 28.7. The summed E-state index contributed by atoms with van der Waals surface area (Å²) < 4.78 is 12.7. The molecule has 1 aliphatic rings. The minimum Gasteiger partial charge on any atom is -0.496 e. The maximum absolute atomic E-state index is 13.8. The molecule has 9 heteroatoms. The Hall–Kier alpha value is -3.30. The number of thioether (sulfide) groups is 1. The highest BCUT2D eigenvalue weighted by atomic mass is 32.2. The number of aryl methyl sites for hydroxylation is 2. The highest BCUT2D eigenvalue weighted by molar-refractivity contribution is 8.00. The standard InChI is InChI=1S/C30H38N4O4S/c1-19-12-13-22(20(2)16-19)34-29-26(28(32-34)30(3,4)5)27(21-10-8-9-11-23(21)38-7)39-18-25(36)33(29)17-24(35)31-14-15-37-6/h8-13,16,27H,14-15,17-18H2,1-7H3,(H,31,35)/t27-/m1/s1. The maximum atomic E-state index is 13.8. The lowest BCUT2D eigenvalue weighted by Crippen LogP contribution is -2.43. The molecular weight excluding hydrogens is 512 g/mol. The predicted octanol–water partition coefficient (Wildman–Crippen LogP) is 4.73. The van der Waals surface area contributed by atoms with Gasteiger partial charge in [0.1, 0.15) is 18.1 Å². The van der Waals surface area contributed by atoms with Gasteiger partial charge in [0.25, 0.3) is 0 Å². The topological polar surface area (TPSA) is 85.7 Å². The van der Waals surface area contributed by atoms with Gasteiger partial charge in [-0.15, -0.1) is 11.8 Å². The van der Waals surface area contributed by atoms with Gasteiger partial charge in [-0.05, 0) is 31.5 Å². The van der Waals surface area contributed by atoms with Crippen molar-refractivity contribution < 1.29 is 19.1 Å². The number of anilines is 1. The van der Waals surface area contributed by atoms with Gasteiger partial charge in [0, 0.05) is 30.2 Å². The Balaban J connectivity index is 2.01. The molecular formula is C30H38N4O4S. The van der Waals surface area contributed by atoms with Crippen LogP contribution in [0, 0.1) is 13.8 Å². The first-order valence-electron chi connectivity index (χ1n) is 13.1. The van der Waals surface area contributed by atoms with Crippen molar-refractivity contribution in [2.75, 3.05) is 44.6 Å². The number of carbonyl (C=O) groups excluding carboxylic acids is 2. The Morgan fingerprint density at radius 1 is 1.15 bits per heavy atom. The number of aromatic nitrogens is 2. The van der Waals surface area contributed by atoms with Gasteiger partial charge in [0.2, 0.25) is 11.8 Å². The minimum atomic E-state index is -0.339. The number of methoxy groups -OCH3 is 2. The number of ether oxygens (including phenoxy) is 2. The third kappa shape index (κ3) is 5.99. The summed E-state index contributed by atoms with van der Waals surface area (Å²) in [4.78, 5) is 28.4. The van der Waals surface area contributed by atoms with Crippen LogP contribution >= 0.6 is 11.8 Å². The smallest absolute Gasteiger partial charge is 0.240 e. The van der Waals surface area contributed by atoms with Gasteiger partial charge in [0.05, 0.1) is 36.1 Å². The number of hydrogen-bond acceptors (Lipinski definition) is 6. The van der Waals surface area contributed by atoms with E-state index >= 15 is 0 Å². The molecule has 0 unspecified atom stereocenters. The number of fused-ring (bicyclic) bond motifs is 1. The predicted molar refractivity (Wildman–Crippen MR) is 156 cm³/mol. The summed E-state index contributed by atoms with van der Waals surface area (Å²) in [5.41, 5.74) is 5.47. The fourth-order valence-electron chi connectivity index (χ4n) is 4.90. The van der Waals surface area contributed by atoms with Gasteiger partial charge in [-0.1, -0.05) is 56.7 Å². The van der Waals surface area contributed by atoms with Crippen molar-refractivity contribution in [1.82, 2.24) is 15.1 Å². The minimum absolute atomic E-state index is 0.116. The van der Waals surface area contributed by atoms with Crippen LogP contribution in [-0.4, -0.2) is 61.3 Å². The summed E-state index contributed by atoms with van der Waals surface area (Å²) in [5.74, 6) is 1.18. The number of carbonyl (C=O) groups is 2. The number of rotatable bonds is 8. The third-order valence-corrected chi connectivity index (χ3v) is 7.97. The quantitative estimate of drug-likeness (QED) is 0.409. The molecule has 2 aromatic carbocycles. The number of nitrogens with one attached hydrogen (secondary N) is 1. The Morgan fingerprint density at radius 3 is 2.56 bits per heavy atom. The fraction of sp³-hybridized carbons (Fsp3) is 0.433. The van der Waals surface area contributed by atoms with Crippen molar-refractivity contribution in [3.8, 4) is 11.4 Å². The number of para-hydroxylation sites is 1. The summed E-state index contributed by atoms with van der Waals surface area (Å²) in [5, 5.41) is 7.82. The lowest BCUT2D eigenvalue weighted by molar-refractivity contribution is -0.123. The van der Waals surface area contributed by atoms with Gasteiger partial charge in [0.15, 0.2) is 0 Å². The molecule has 2 amide bonds. The van der Waals surface area contributed by atoms with Gasteiger partial charge in [-0.25, -0.2) is 4.68 Å². The lowest BCUT2D eigenvalue weighted by Gasteiger charge is -2.25.